The van der Waals surface area contributed by atoms with E-state index < -0.39 is 5.60 Å². The summed E-state index contributed by atoms with van der Waals surface area (Å²) >= 11 is 3.68. The van der Waals surface area contributed by atoms with E-state index in [0.717, 1.165) is 43.4 Å². The Labute approximate surface area is 235 Å². The van der Waals surface area contributed by atoms with Gasteiger partial charge in [-0.05, 0) is 72.3 Å². The van der Waals surface area contributed by atoms with Crippen molar-refractivity contribution in [1.82, 2.24) is 0 Å². The van der Waals surface area contributed by atoms with Crippen molar-refractivity contribution in [2.75, 3.05) is 0 Å². The molecule has 0 aromatic heterocycles. The van der Waals surface area contributed by atoms with Gasteiger partial charge in [0.05, 0.1) is 0 Å². The molecule has 1 aliphatic rings. The van der Waals surface area contributed by atoms with Crippen LogP contribution in [0.5, 0.6) is 0 Å². The second-order valence-electron chi connectivity index (χ2n) is 10.4. The standard InChI is InChI=1S/C37H23BrO/c38-28-19-16-24-13-12-23-6-1-3-10-32(23)37(39,34(24)22-28)33-11-4-2-9-30(33)29-20-17-27-15-14-25-7-5-8-26-18-21-31(29)36(27)35(25)26/h1-22,39H. The van der Waals surface area contributed by atoms with E-state index in [4.69, 9.17) is 0 Å². The van der Waals surface area contributed by atoms with Crippen molar-refractivity contribution in [3.63, 3.8) is 0 Å². The topological polar surface area (TPSA) is 20.2 Å². The highest BCUT2D eigenvalue weighted by Gasteiger charge is 2.40. The maximum atomic E-state index is 13.1. The van der Waals surface area contributed by atoms with Gasteiger partial charge in [0.1, 0.15) is 5.60 Å². The molecule has 1 N–H and O–H groups in total. The number of hydrogen-bond donors (Lipinski definition) is 1. The normalized spacial score (nSPS) is 16.5. The van der Waals surface area contributed by atoms with Gasteiger partial charge in [-0.2, -0.15) is 0 Å². The molecule has 1 unspecified atom stereocenters. The summed E-state index contributed by atoms with van der Waals surface area (Å²) in [7, 11) is 0. The molecule has 1 aliphatic carbocycles. The van der Waals surface area contributed by atoms with E-state index in [1.54, 1.807) is 0 Å². The van der Waals surface area contributed by atoms with Crippen LogP contribution in [0.3, 0.4) is 0 Å². The van der Waals surface area contributed by atoms with Crippen LogP contribution in [0.15, 0.2) is 126 Å². The Balaban J connectivity index is 1.48. The van der Waals surface area contributed by atoms with Crippen molar-refractivity contribution in [3.05, 3.63) is 154 Å². The Hall–Kier alpha value is -4.24. The van der Waals surface area contributed by atoms with Crippen molar-refractivity contribution in [2.45, 2.75) is 5.60 Å². The molecule has 184 valence electrons. The monoisotopic (exact) mass is 562 g/mol. The fourth-order valence-corrected chi connectivity index (χ4v) is 6.94. The number of aliphatic hydroxyl groups is 1. The van der Waals surface area contributed by atoms with E-state index in [2.05, 4.69) is 125 Å². The molecule has 0 aliphatic heterocycles. The zero-order valence-electron chi connectivity index (χ0n) is 21.0. The first kappa shape index (κ1) is 22.7. The molecule has 0 spiro atoms. The highest BCUT2D eigenvalue weighted by molar-refractivity contribution is 9.10. The van der Waals surface area contributed by atoms with Crippen LogP contribution in [-0.4, -0.2) is 5.11 Å². The summed E-state index contributed by atoms with van der Waals surface area (Å²) in [5.74, 6) is 0. The van der Waals surface area contributed by atoms with Crippen molar-refractivity contribution < 1.29 is 5.11 Å². The highest BCUT2D eigenvalue weighted by Crippen LogP contribution is 2.48. The molecule has 39 heavy (non-hydrogen) atoms. The van der Waals surface area contributed by atoms with Crippen LogP contribution in [0.1, 0.15) is 27.8 Å². The van der Waals surface area contributed by atoms with Crippen LogP contribution in [-0.2, 0) is 5.60 Å². The average Bonchev–Trinajstić information content (AvgIpc) is 3.11. The lowest BCUT2D eigenvalue weighted by Crippen LogP contribution is -2.31. The van der Waals surface area contributed by atoms with Gasteiger partial charge < -0.3 is 5.11 Å². The Bertz CT molecular complexity index is 2090. The third-order valence-electron chi connectivity index (χ3n) is 8.33. The number of rotatable bonds is 2. The van der Waals surface area contributed by atoms with E-state index in [-0.39, 0.29) is 0 Å². The fourth-order valence-electron chi connectivity index (χ4n) is 6.58. The SMILES string of the molecule is OC1(c2ccccc2-c2ccc3ccc4cccc5ccc2c3c45)c2ccccc2C=Cc2ccc(Br)cc21. The van der Waals surface area contributed by atoms with Gasteiger partial charge in [0.15, 0.2) is 0 Å². The second-order valence-corrected chi connectivity index (χ2v) is 11.3. The van der Waals surface area contributed by atoms with Crippen LogP contribution in [0.25, 0.3) is 55.6 Å². The quantitative estimate of drug-likeness (QED) is 0.208. The van der Waals surface area contributed by atoms with Crippen LogP contribution in [0.4, 0.5) is 0 Å². The van der Waals surface area contributed by atoms with Gasteiger partial charge in [-0.3, -0.25) is 0 Å². The smallest absolute Gasteiger partial charge is 0.142 e. The minimum Gasteiger partial charge on any atom is -0.376 e. The first-order valence-corrected chi connectivity index (χ1v) is 14.0. The Morgan fingerprint density at radius 1 is 0.487 bits per heavy atom. The lowest BCUT2D eigenvalue weighted by atomic mass is 9.75. The third-order valence-corrected chi connectivity index (χ3v) is 8.83. The van der Waals surface area contributed by atoms with Crippen LogP contribution >= 0.6 is 15.9 Å². The first-order chi connectivity index (χ1) is 19.1. The van der Waals surface area contributed by atoms with Gasteiger partial charge in [0, 0.05) is 15.6 Å². The van der Waals surface area contributed by atoms with Gasteiger partial charge in [0.2, 0.25) is 0 Å². The number of hydrogen-bond acceptors (Lipinski definition) is 1. The van der Waals surface area contributed by atoms with Crippen molar-refractivity contribution in [3.8, 4) is 11.1 Å². The third kappa shape index (κ3) is 3.22. The zero-order chi connectivity index (χ0) is 26.1. The van der Waals surface area contributed by atoms with Gasteiger partial charge in [-0.15, -0.1) is 0 Å². The molecule has 0 bridgehead atoms. The number of halogens is 1. The van der Waals surface area contributed by atoms with Gasteiger partial charge >= 0.3 is 0 Å². The molecule has 8 rings (SSSR count). The lowest BCUT2D eigenvalue weighted by Gasteiger charge is -2.34. The largest absolute Gasteiger partial charge is 0.376 e. The Morgan fingerprint density at radius 3 is 1.95 bits per heavy atom. The number of benzene rings is 7. The molecule has 0 fully saturated rings. The summed E-state index contributed by atoms with van der Waals surface area (Å²) in [6.45, 7) is 0. The minimum absolute atomic E-state index is 0.864. The van der Waals surface area contributed by atoms with E-state index >= 15 is 0 Å². The van der Waals surface area contributed by atoms with Crippen molar-refractivity contribution >= 4 is 60.4 Å². The molecule has 0 saturated heterocycles. The summed E-state index contributed by atoms with van der Waals surface area (Å²) in [4.78, 5) is 0. The van der Waals surface area contributed by atoms with E-state index in [9.17, 15) is 5.11 Å². The van der Waals surface area contributed by atoms with Gasteiger partial charge in [0.25, 0.3) is 0 Å². The first-order valence-electron chi connectivity index (χ1n) is 13.2. The minimum atomic E-state index is -1.36. The summed E-state index contributed by atoms with van der Waals surface area (Å²) in [6, 6.07) is 42.5. The number of fused-ring (bicyclic) bond motifs is 2. The Morgan fingerprint density at radius 2 is 1.13 bits per heavy atom. The summed E-state index contributed by atoms with van der Waals surface area (Å²) in [5, 5.41) is 20.6. The van der Waals surface area contributed by atoms with Gasteiger partial charge in [-0.1, -0.05) is 137 Å². The van der Waals surface area contributed by atoms with E-state index in [1.165, 1.54) is 32.3 Å². The average molecular weight is 563 g/mol. The fraction of sp³-hybridized carbons (Fsp3) is 0.0270. The van der Waals surface area contributed by atoms with Crippen LogP contribution in [0, 0.1) is 0 Å². The molecule has 1 nitrogen and oxygen atoms in total. The molecule has 0 heterocycles. The highest BCUT2D eigenvalue weighted by atomic mass is 79.9. The van der Waals surface area contributed by atoms with Crippen LogP contribution < -0.4 is 0 Å². The Kier molecular flexibility index (Phi) is 4.88. The molecule has 2 heteroatoms. The molecular weight excluding hydrogens is 540 g/mol. The van der Waals surface area contributed by atoms with E-state index in [0.29, 0.717) is 0 Å². The van der Waals surface area contributed by atoms with Crippen molar-refractivity contribution in [1.29, 1.82) is 0 Å². The molecule has 0 radical (unpaired) electrons. The summed E-state index contributed by atoms with van der Waals surface area (Å²) in [6.07, 6.45) is 4.22. The molecule has 0 amide bonds. The molecular formula is C37H23BrO. The van der Waals surface area contributed by atoms with Crippen molar-refractivity contribution in [2.24, 2.45) is 0 Å². The van der Waals surface area contributed by atoms with E-state index in [1.807, 2.05) is 24.3 Å². The maximum Gasteiger partial charge on any atom is 0.142 e. The lowest BCUT2D eigenvalue weighted by molar-refractivity contribution is 0.126. The summed E-state index contributed by atoms with van der Waals surface area (Å²) in [5.41, 5.74) is 5.41. The predicted octanol–water partition coefficient (Wildman–Crippen LogP) is 9.78. The molecule has 7 aromatic rings. The molecule has 7 aromatic carbocycles. The van der Waals surface area contributed by atoms with Gasteiger partial charge in [-0.25, -0.2) is 0 Å². The van der Waals surface area contributed by atoms with Crippen LogP contribution in [0.2, 0.25) is 0 Å². The zero-order valence-corrected chi connectivity index (χ0v) is 22.6. The second kappa shape index (κ2) is 8.38. The maximum absolute atomic E-state index is 13.1. The predicted molar refractivity (Wildman–Crippen MR) is 167 cm³/mol. The summed E-state index contributed by atoms with van der Waals surface area (Å²) < 4.78 is 0.938. The molecule has 0 saturated carbocycles. The molecule has 1 atom stereocenters.